The highest BCUT2D eigenvalue weighted by atomic mass is 35.5. The lowest BCUT2D eigenvalue weighted by Crippen LogP contribution is -2.48. The predicted molar refractivity (Wildman–Crippen MR) is 107 cm³/mol. The third-order valence-corrected chi connectivity index (χ3v) is 5.48. The van der Waals surface area contributed by atoms with E-state index in [0.29, 0.717) is 6.54 Å². The molecular formula is C17H27Cl2N3OS. The molecule has 1 unspecified atom stereocenters. The maximum absolute atomic E-state index is 12.5. The summed E-state index contributed by atoms with van der Waals surface area (Å²) in [6.07, 6.45) is 2.28. The maximum Gasteiger partial charge on any atom is 0.227 e. The van der Waals surface area contributed by atoms with Crippen LogP contribution in [-0.2, 0) is 11.2 Å². The minimum Gasteiger partial charge on any atom is -0.353 e. The number of nitrogens with one attached hydrogen (secondary N) is 1. The van der Waals surface area contributed by atoms with E-state index in [9.17, 15) is 4.79 Å². The Morgan fingerprint density at radius 2 is 1.92 bits per heavy atom. The highest BCUT2D eigenvalue weighted by molar-refractivity contribution is 7.18. The number of nitrogens with zero attached hydrogens (tertiary/aromatic N) is 1. The smallest absolute Gasteiger partial charge is 0.227 e. The zero-order chi connectivity index (χ0) is 16.2. The summed E-state index contributed by atoms with van der Waals surface area (Å²) in [4.78, 5) is 17.1. The Balaban J connectivity index is 0.00000264. The number of carbonyl (C=O) groups is 1. The van der Waals surface area contributed by atoms with Crippen molar-refractivity contribution in [3.05, 3.63) is 29.3 Å². The molecule has 0 aliphatic carbocycles. The number of aromatic nitrogens is 1. The average Bonchev–Trinajstić information content (AvgIpc) is 2.91. The number of carbonyl (C=O) groups excluding carboxylic acids is 1. The number of rotatable bonds is 7. The number of benzene rings is 1. The lowest BCUT2D eigenvalue weighted by Gasteiger charge is -2.30. The van der Waals surface area contributed by atoms with Crippen LogP contribution in [0.25, 0.3) is 10.2 Å². The van der Waals surface area contributed by atoms with Crippen LogP contribution >= 0.6 is 36.2 Å². The number of halogens is 2. The monoisotopic (exact) mass is 391 g/mol. The summed E-state index contributed by atoms with van der Waals surface area (Å²) < 4.78 is 1.19. The molecule has 0 spiro atoms. The van der Waals surface area contributed by atoms with Crippen molar-refractivity contribution in [2.24, 2.45) is 11.1 Å². The number of hydrogen-bond donors (Lipinski definition) is 2. The minimum absolute atomic E-state index is 0. The van der Waals surface area contributed by atoms with E-state index in [-0.39, 0.29) is 36.8 Å². The molecule has 1 aromatic heterocycles. The quantitative estimate of drug-likeness (QED) is 0.750. The molecule has 4 nitrogen and oxygen atoms in total. The van der Waals surface area contributed by atoms with E-state index in [1.54, 1.807) is 11.3 Å². The summed E-state index contributed by atoms with van der Waals surface area (Å²) in [6.45, 7) is 6.46. The number of hydrogen-bond acceptors (Lipinski definition) is 4. The normalized spacial score (nSPS) is 12.2. The van der Waals surface area contributed by atoms with Crippen LogP contribution in [0, 0.1) is 5.41 Å². The Hall–Kier alpha value is -0.880. The molecule has 24 heavy (non-hydrogen) atoms. The Labute approximate surface area is 160 Å². The minimum atomic E-state index is -0.443. The van der Waals surface area contributed by atoms with E-state index in [1.807, 2.05) is 39.0 Å². The molecule has 2 rings (SSSR count). The number of fused-ring (bicyclic) bond motifs is 1. The van der Waals surface area contributed by atoms with Crippen LogP contribution in [0.4, 0.5) is 0 Å². The Bertz CT molecular complexity index is 602. The summed E-state index contributed by atoms with van der Waals surface area (Å²) in [5.41, 5.74) is 6.42. The van der Waals surface area contributed by atoms with Gasteiger partial charge in [-0.3, -0.25) is 4.79 Å². The van der Waals surface area contributed by atoms with Crippen molar-refractivity contribution in [2.75, 3.05) is 6.54 Å². The van der Waals surface area contributed by atoms with Crippen LogP contribution in [0.15, 0.2) is 24.3 Å². The molecule has 0 bridgehead atoms. The van der Waals surface area contributed by atoms with E-state index in [0.717, 1.165) is 29.8 Å². The lowest BCUT2D eigenvalue weighted by atomic mass is 9.81. The van der Waals surface area contributed by atoms with Gasteiger partial charge in [-0.05, 0) is 31.9 Å². The molecule has 0 aliphatic rings. The Morgan fingerprint density at radius 3 is 2.46 bits per heavy atom. The number of nitrogens with two attached hydrogens (primary N) is 1. The third-order valence-electron chi connectivity index (χ3n) is 4.42. The van der Waals surface area contributed by atoms with E-state index in [2.05, 4.69) is 16.4 Å². The molecule has 1 heterocycles. The van der Waals surface area contributed by atoms with E-state index < -0.39 is 5.41 Å². The first-order valence-electron chi connectivity index (χ1n) is 7.90. The third kappa shape index (κ3) is 5.06. The van der Waals surface area contributed by atoms with Gasteiger partial charge in [0.25, 0.3) is 0 Å². The summed E-state index contributed by atoms with van der Waals surface area (Å²) in [5, 5.41) is 4.17. The summed E-state index contributed by atoms with van der Waals surface area (Å²) in [7, 11) is 0. The second-order valence-electron chi connectivity index (χ2n) is 5.85. The zero-order valence-corrected chi connectivity index (χ0v) is 16.8. The molecule has 0 fully saturated rings. The van der Waals surface area contributed by atoms with Crippen LogP contribution < -0.4 is 11.1 Å². The van der Waals surface area contributed by atoms with Crippen molar-refractivity contribution in [3.8, 4) is 0 Å². The van der Waals surface area contributed by atoms with Crippen molar-refractivity contribution in [1.82, 2.24) is 10.3 Å². The standard InChI is InChI=1S/C17H25N3OS.2ClH/c1-4-17(5-2,11-18)16(21)19-12(3)10-15-20-13-8-6-7-9-14(13)22-15;;/h6-9,12H,4-5,10-11,18H2,1-3H3,(H,19,21);2*1H. The lowest BCUT2D eigenvalue weighted by molar-refractivity contribution is -0.131. The molecule has 1 atom stereocenters. The van der Waals surface area contributed by atoms with Crippen LogP contribution in [0.2, 0.25) is 0 Å². The predicted octanol–water partition coefficient (Wildman–Crippen LogP) is 3.95. The maximum atomic E-state index is 12.5. The van der Waals surface area contributed by atoms with Gasteiger partial charge in [-0.2, -0.15) is 0 Å². The molecule has 136 valence electrons. The van der Waals surface area contributed by atoms with Crippen molar-refractivity contribution in [3.63, 3.8) is 0 Å². The first-order valence-corrected chi connectivity index (χ1v) is 8.71. The molecule has 0 radical (unpaired) electrons. The highest BCUT2D eigenvalue weighted by Crippen LogP contribution is 2.26. The summed E-state index contributed by atoms with van der Waals surface area (Å²) in [6, 6.07) is 8.17. The van der Waals surface area contributed by atoms with E-state index in [4.69, 9.17) is 5.73 Å². The fourth-order valence-electron chi connectivity index (χ4n) is 2.65. The SMILES string of the molecule is CCC(CC)(CN)C(=O)NC(C)Cc1nc2ccccc2s1.Cl.Cl. The van der Waals surface area contributed by atoms with Crippen molar-refractivity contribution in [2.45, 2.75) is 46.1 Å². The van der Waals surface area contributed by atoms with Gasteiger partial charge in [0.2, 0.25) is 5.91 Å². The molecule has 3 N–H and O–H groups in total. The molecule has 1 aromatic carbocycles. The molecule has 7 heteroatoms. The highest BCUT2D eigenvalue weighted by Gasteiger charge is 2.33. The largest absolute Gasteiger partial charge is 0.353 e. The van der Waals surface area contributed by atoms with Crippen molar-refractivity contribution < 1.29 is 4.79 Å². The van der Waals surface area contributed by atoms with Gasteiger partial charge in [0.1, 0.15) is 0 Å². The summed E-state index contributed by atoms with van der Waals surface area (Å²) >= 11 is 1.69. The second-order valence-corrected chi connectivity index (χ2v) is 6.96. The van der Waals surface area contributed by atoms with E-state index >= 15 is 0 Å². The van der Waals surface area contributed by atoms with Gasteiger partial charge in [0.05, 0.1) is 20.6 Å². The Kier molecular flexibility index (Phi) is 9.81. The number of para-hydroxylation sites is 1. The van der Waals surface area contributed by atoms with Crippen molar-refractivity contribution in [1.29, 1.82) is 0 Å². The number of amides is 1. The van der Waals surface area contributed by atoms with Crippen LogP contribution in [0.1, 0.15) is 38.6 Å². The number of thiazole rings is 1. The summed E-state index contributed by atoms with van der Waals surface area (Å²) in [5.74, 6) is 0.0635. The van der Waals surface area contributed by atoms with Gasteiger partial charge in [-0.1, -0.05) is 26.0 Å². The molecule has 1 amide bonds. The molecule has 0 saturated heterocycles. The van der Waals surface area contributed by atoms with E-state index in [1.165, 1.54) is 4.70 Å². The van der Waals surface area contributed by atoms with Crippen molar-refractivity contribution >= 4 is 52.3 Å². The van der Waals surface area contributed by atoms with Gasteiger partial charge in [-0.25, -0.2) is 4.98 Å². The van der Waals surface area contributed by atoms with Crippen LogP contribution in [0.3, 0.4) is 0 Å². The second kappa shape index (κ2) is 10.2. The zero-order valence-electron chi connectivity index (χ0n) is 14.4. The molecule has 0 saturated carbocycles. The average molecular weight is 392 g/mol. The van der Waals surface area contributed by atoms with Gasteiger partial charge in [-0.15, -0.1) is 36.2 Å². The first-order chi connectivity index (χ1) is 10.5. The van der Waals surface area contributed by atoms with Crippen LogP contribution in [-0.4, -0.2) is 23.5 Å². The van der Waals surface area contributed by atoms with Gasteiger partial charge < -0.3 is 11.1 Å². The van der Waals surface area contributed by atoms with Gasteiger partial charge in [0, 0.05) is 19.0 Å². The topological polar surface area (TPSA) is 68.0 Å². The van der Waals surface area contributed by atoms with Gasteiger partial charge in [0.15, 0.2) is 0 Å². The fraction of sp³-hybridized carbons (Fsp3) is 0.529. The van der Waals surface area contributed by atoms with Gasteiger partial charge >= 0.3 is 0 Å². The Morgan fingerprint density at radius 1 is 1.29 bits per heavy atom. The first kappa shape index (κ1) is 23.1. The molecule has 2 aromatic rings. The van der Waals surface area contributed by atoms with Crippen LogP contribution in [0.5, 0.6) is 0 Å². The fourth-order valence-corrected chi connectivity index (χ4v) is 3.75. The molecular weight excluding hydrogens is 365 g/mol. The molecule has 0 aliphatic heterocycles.